The molecule has 0 atom stereocenters. The lowest BCUT2D eigenvalue weighted by molar-refractivity contribution is 0.412. The van der Waals surface area contributed by atoms with Crippen molar-refractivity contribution in [1.29, 1.82) is 5.26 Å². The number of nitrogens with zero attached hydrogens (tertiary/aromatic N) is 3. The summed E-state index contributed by atoms with van der Waals surface area (Å²) in [6, 6.07) is 7.39. The largest absolute Gasteiger partial charge is 0.495 e. The van der Waals surface area contributed by atoms with Crippen LogP contribution in [0.1, 0.15) is 18.1 Å². The van der Waals surface area contributed by atoms with E-state index in [9.17, 15) is 4.79 Å². The molecular formula is C14H15N3O2. The first-order valence-corrected chi connectivity index (χ1v) is 6.02. The van der Waals surface area contributed by atoms with Crippen molar-refractivity contribution in [3.8, 4) is 11.8 Å². The molecule has 5 nitrogen and oxygen atoms in total. The molecule has 0 radical (unpaired) electrons. The van der Waals surface area contributed by atoms with E-state index in [4.69, 9.17) is 10.00 Å². The molecule has 0 amide bonds. The van der Waals surface area contributed by atoms with E-state index in [0.717, 1.165) is 5.56 Å². The second-order valence-corrected chi connectivity index (χ2v) is 4.14. The van der Waals surface area contributed by atoms with Gasteiger partial charge in [-0.1, -0.05) is 6.07 Å². The third-order valence-corrected chi connectivity index (χ3v) is 3.00. The normalized spacial score (nSPS) is 10.2. The Morgan fingerprint density at radius 1 is 1.32 bits per heavy atom. The van der Waals surface area contributed by atoms with E-state index in [1.165, 1.54) is 7.11 Å². The molecule has 0 N–H and O–H groups in total. The van der Waals surface area contributed by atoms with E-state index >= 15 is 0 Å². The van der Waals surface area contributed by atoms with E-state index in [1.54, 1.807) is 33.7 Å². The highest BCUT2D eigenvalue weighted by Gasteiger charge is 2.06. The molecule has 1 aromatic heterocycles. The highest BCUT2D eigenvalue weighted by molar-refractivity contribution is 5.45. The number of aromatic nitrogens is 2. The quantitative estimate of drug-likeness (QED) is 0.835. The van der Waals surface area contributed by atoms with Crippen LogP contribution < -0.4 is 10.4 Å². The number of methoxy groups -OCH3 is 1. The van der Waals surface area contributed by atoms with Crippen molar-refractivity contribution in [2.24, 2.45) is 0 Å². The maximum Gasteiger partial charge on any atom is 0.328 e. The van der Waals surface area contributed by atoms with Gasteiger partial charge in [-0.2, -0.15) is 5.26 Å². The summed E-state index contributed by atoms with van der Waals surface area (Å²) in [6.07, 6.45) is 3.53. The van der Waals surface area contributed by atoms with Gasteiger partial charge in [0.2, 0.25) is 0 Å². The van der Waals surface area contributed by atoms with Gasteiger partial charge >= 0.3 is 5.69 Å². The first-order chi connectivity index (χ1) is 9.19. The first-order valence-electron chi connectivity index (χ1n) is 6.02. The highest BCUT2D eigenvalue weighted by Crippen LogP contribution is 2.19. The number of aryl methyl sites for hydroxylation is 1. The summed E-state index contributed by atoms with van der Waals surface area (Å²) in [5.41, 5.74) is 1.38. The average Bonchev–Trinajstić information content (AvgIpc) is 2.79. The Morgan fingerprint density at radius 2 is 2.05 bits per heavy atom. The summed E-state index contributed by atoms with van der Waals surface area (Å²) in [5.74, 6) is 0.531. The Morgan fingerprint density at radius 3 is 2.63 bits per heavy atom. The summed E-state index contributed by atoms with van der Waals surface area (Å²) in [6.45, 7) is 3.05. The Labute approximate surface area is 111 Å². The van der Waals surface area contributed by atoms with Crippen LogP contribution in [0.3, 0.4) is 0 Å². The van der Waals surface area contributed by atoms with Crippen molar-refractivity contribution < 1.29 is 4.74 Å². The molecule has 19 heavy (non-hydrogen) atoms. The number of ether oxygens (including phenoxy) is 1. The summed E-state index contributed by atoms with van der Waals surface area (Å²) in [7, 11) is 1.53. The molecule has 1 aromatic carbocycles. The second-order valence-electron chi connectivity index (χ2n) is 4.14. The van der Waals surface area contributed by atoms with Crippen LogP contribution in [0.15, 0.2) is 35.4 Å². The van der Waals surface area contributed by atoms with Gasteiger partial charge in [-0.3, -0.25) is 9.13 Å². The summed E-state index contributed by atoms with van der Waals surface area (Å²) >= 11 is 0. The van der Waals surface area contributed by atoms with Gasteiger partial charge in [0.25, 0.3) is 0 Å². The van der Waals surface area contributed by atoms with Crippen molar-refractivity contribution in [2.75, 3.05) is 7.11 Å². The lowest BCUT2D eigenvalue weighted by atomic mass is 10.1. The molecule has 5 heteroatoms. The van der Waals surface area contributed by atoms with Crippen molar-refractivity contribution in [3.63, 3.8) is 0 Å². The van der Waals surface area contributed by atoms with Gasteiger partial charge in [-0.05, 0) is 24.6 Å². The van der Waals surface area contributed by atoms with Crippen molar-refractivity contribution in [1.82, 2.24) is 9.13 Å². The maximum absolute atomic E-state index is 11.9. The van der Waals surface area contributed by atoms with Crippen LogP contribution in [0.25, 0.3) is 0 Å². The highest BCUT2D eigenvalue weighted by atomic mass is 16.5. The third kappa shape index (κ3) is 2.52. The fourth-order valence-corrected chi connectivity index (χ4v) is 1.94. The maximum atomic E-state index is 11.9. The van der Waals surface area contributed by atoms with Gasteiger partial charge in [0, 0.05) is 18.9 Å². The van der Waals surface area contributed by atoms with E-state index in [0.29, 0.717) is 24.4 Å². The van der Waals surface area contributed by atoms with Crippen molar-refractivity contribution >= 4 is 0 Å². The minimum absolute atomic E-state index is 0.0363. The van der Waals surface area contributed by atoms with Gasteiger partial charge in [0.05, 0.1) is 19.2 Å². The van der Waals surface area contributed by atoms with Gasteiger partial charge in [-0.25, -0.2) is 4.79 Å². The number of rotatable bonds is 4. The molecule has 0 bridgehead atoms. The molecule has 0 spiro atoms. The number of nitriles is 1. The monoisotopic (exact) mass is 257 g/mol. The Hall–Kier alpha value is -2.48. The molecule has 0 aliphatic rings. The number of benzene rings is 1. The minimum Gasteiger partial charge on any atom is -0.495 e. The Bertz CT molecular complexity index is 677. The van der Waals surface area contributed by atoms with Crippen molar-refractivity contribution in [2.45, 2.75) is 20.0 Å². The molecular weight excluding hydrogens is 242 g/mol. The van der Waals surface area contributed by atoms with Crippen LogP contribution in [0, 0.1) is 11.3 Å². The van der Waals surface area contributed by atoms with Gasteiger partial charge in [-0.15, -0.1) is 0 Å². The third-order valence-electron chi connectivity index (χ3n) is 3.00. The van der Waals surface area contributed by atoms with Crippen LogP contribution in [-0.2, 0) is 13.1 Å². The molecule has 0 saturated carbocycles. The second kappa shape index (κ2) is 5.44. The zero-order chi connectivity index (χ0) is 13.8. The molecule has 0 aliphatic carbocycles. The first kappa shape index (κ1) is 13.0. The standard InChI is InChI=1S/C14H15N3O2/c1-3-16-6-7-17(14(16)18)10-11-4-5-12(9-15)13(8-11)19-2/h4-8H,3,10H2,1-2H3. The molecule has 1 heterocycles. The lowest BCUT2D eigenvalue weighted by Crippen LogP contribution is -2.23. The van der Waals surface area contributed by atoms with Crippen molar-refractivity contribution in [3.05, 3.63) is 52.2 Å². The molecule has 0 aliphatic heterocycles. The Balaban J connectivity index is 2.31. The fraction of sp³-hybridized carbons (Fsp3) is 0.286. The molecule has 0 unspecified atom stereocenters. The summed E-state index contributed by atoms with van der Waals surface area (Å²) < 4.78 is 8.43. The lowest BCUT2D eigenvalue weighted by Gasteiger charge is -2.06. The van der Waals surface area contributed by atoms with Gasteiger partial charge in [0.1, 0.15) is 11.8 Å². The van der Waals surface area contributed by atoms with Crippen LogP contribution in [0.2, 0.25) is 0 Å². The number of hydrogen-bond donors (Lipinski definition) is 0. The van der Waals surface area contributed by atoms with E-state index in [-0.39, 0.29) is 5.69 Å². The minimum atomic E-state index is -0.0363. The Kier molecular flexibility index (Phi) is 3.71. The molecule has 0 saturated heterocycles. The zero-order valence-electron chi connectivity index (χ0n) is 11.0. The van der Waals surface area contributed by atoms with Gasteiger partial charge in [0.15, 0.2) is 0 Å². The smallest absolute Gasteiger partial charge is 0.328 e. The zero-order valence-corrected chi connectivity index (χ0v) is 11.0. The van der Waals surface area contributed by atoms with E-state index < -0.39 is 0 Å². The summed E-state index contributed by atoms with van der Waals surface area (Å²) in [5, 5.41) is 8.92. The molecule has 2 rings (SSSR count). The van der Waals surface area contributed by atoms with E-state index in [1.807, 2.05) is 13.0 Å². The number of imidazole rings is 1. The molecule has 2 aromatic rings. The van der Waals surface area contributed by atoms with Crippen LogP contribution in [0.4, 0.5) is 0 Å². The SMILES string of the molecule is CCn1ccn(Cc2ccc(C#N)c(OC)c2)c1=O. The number of hydrogen-bond acceptors (Lipinski definition) is 3. The summed E-state index contributed by atoms with van der Waals surface area (Å²) in [4.78, 5) is 11.9. The van der Waals surface area contributed by atoms with E-state index in [2.05, 4.69) is 6.07 Å². The topological polar surface area (TPSA) is 59.9 Å². The predicted octanol–water partition coefficient (Wildman–Crippen LogP) is 1.60. The van der Waals surface area contributed by atoms with Crippen LogP contribution in [-0.4, -0.2) is 16.2 Å². The van der Waals surface area contributed by atoms with Crippen LogP contribution in [0.5, 0.6) is 5.75 Å². The predicted molar refractivity (Wildman–Crippen MR) is 71.2 cm³/mol. The fourth-order valence-electron chi connectivity index (χ4n) is 1.94. The van der Waals surface area contributed by atoms with Crippen LogP contribution >= 0.6 is 0 Å². The van der Waals surface area contributed by atoms with Gasteiger partial charge < -0.3 is 4.74 Å². The molecule has 0 fully saturated rings. The molecule has 98 valence electrons. The average molecular weight is 257 g/mol.